The second-order valence-electron chi connectivity index (χ2n) is 5.70. The molecule has 2 rings (SSSR count). The summed E-state index contributed by atoms with van der Waals surface area (Å²) in [6, 6.07) is 14.9. The molecule has 0 radical (unpaired) electrons. The molecule has 0 saturated carbocycles. The van der Waals surface area contributed by atoms with Gasteiger partial charge in [-0.05, 0) is 36.1 Å². The molecule has 0 bridgehead atoms. The van der Waals surface area contributed by atoms with Crippen LogP contribution in [0.15, 0.2) is 48.5 Å². The van der Waals surface area contributed by atoms with Gasteiger partial charge < -0.3 is 4.74 Å². The standard InChI is InChI=1S/C19H21NO3/c1-13(2)16-9-10-18(17(11-16)14(3)21)20-19(22)23-12-15-7-5-4-6-8-15/h4-11,13H,12H2,1-3H3,(H,20,22). The van der Waals surface area contributed by atoms with E-state index in [1.54, 1.807) is 6.07 Å². The molecule has 0 heterocycles. The molecule has 0 aliphatic carbocycles. The lowest BCUT2D eigenvalue weighted by Gasteiger charge is -2.13. The Kier molecular flexibility index (Phi) is 5.52. The van der Waals surface area contributed by atoms with Crippen molar-refractivity contribution in [3.8, 4) is 0 Å². The Labute approximate surface area is 136 Å². The molecular weight excluding hydrogens is 290 g/mol. The van der Waals surface area contributed by atoms with E-state index in [-0.39, 0.29) is 12.4 Å². The van der Waals surface area contributed by atoms with E-state index in [9.17, 15) is 9.59 Å². The van der Waals surface area contributed by atoms with Gasteiger partial charge in [0.15, 0.2) is 5.78 Å². The zero-order valence-electron chi connectivity index (χ0n) is 13.6. The summed E-state index contributed by atoms with van der Waals surface area (Å²) in [5.74, 6) is 0.220. The third-order valence-corrected chi connectivity index (χ3v) is 3.54. The molecule has 23 heavy (non-hydrogen) atoms. The van der Waals surface area contributed by atoms with Crippen LogP contribution in [-0.4, -0.2) is 11.9 Å². The highest BCUT2D eigenvalue weighted by Crippen LogP contribution is 2.23. The molecule has 0 spiro atoms. The number of benzene rings is 2. The Bertz CT molecular complexity index is 693. The first-order chi connectivity index (χ1) is 11.0. The van der Waals surface area contributed by atoms with E-state index in [0.29, 0.717) is 17.2 Å². The quantitative estimate of drug-likeness (QED) is 0.810. The fourth-order valence-electron chi connectivity index (χ4n) is 2.19. The van der Waals surface area contributed by atoms with Crippen molar-refractivity contribution in [2.45, 2.75) is 33.3 Å². The summed E-state index contributed by atoms with van der Waals surface area (Å²) >= 11 is 0. The van der Waals surface area contributed by atoms with Crippen LogP contribution in [0.2, 0.25) is 0 Å². The van der Waals surface area contributed by atoms with Crippen LogP contribution < -0.4 is 5.32 Å². The lowest BCUT2D eigenvalue weighted by atomic mass is 9.98. The van der Waals surface area contributed by atoms with Crippen molar-refractivity contribution >= 4 is 17.6 Å². The summed E-state index contributed by atoms with van der Waals surface area (Å²) in [4.78, 5) is 23.7. The number of hydrogen-bond donors (Lipinski definition) is 1. The lowest BCUT2D eigenvalue weighted by molar-refractivity contribution is 0.101. The molecule has 0 aliphatic rings. The third-order valence-electron chi connectivity index (χ3n) is 3.54. The molecule has 2 aromatic rings. The summed E-state index contributed by atoms with van der Waals surface area (Å²) in [6.45, 7) is 5.78. The maximum atomic E-state index is 11.9. The molecule has 0 aliphatic heterocycles. The number of carbonyl (C=O) groups is 2. The molecule has 4 heteroatoms. The smallest absolute Gasteiger partial charge is 0.411 e. The van der Waals surface area contributed by atoms with Crippen LogP contribution in [0.5, 0.6) is 0 Å². The zero-order chi connectivity index (χ0) is 16.8. The van der Waals surface area contributed by atoms with Gasteiger partial charge in [0.1, 0.15) is 6.61 Å². The molecule has 0 unspecified atom stereocenters. The Morgan fingerprint density at radius 2 is 1.78 bits per heavy atom. The van der Waals surface area contributed by atoms with Crippen molar-refractivity contribution in [3.63, 3.8) is 0 Å². The van der Waals surface area contributed by atoms with Crippen LogP contribution in [0.3, 0.4) is 0 Å². The molecule has 0 fully saturated rings. The maximum Gasteiger partial charge on any atom is 0.411 e. The summed E-state index contributed by atoms with van der Waals surface area (Å²) in [6.07, 6.45) is -0.575. The van der Waals surface area contributed by atoms with Gasteiger partial charge in [0.2, 0.25) is 0 Å². The van der Waals surface area contributed by atoms with Crippen LogP contribution in [0, 0.1) is 0 Å². The van der Waals surface area contributed by atoms with E-state index in [4.69, 9.17) is 4.74 Å². The van der Waals surface area contributed by atoms with Crippen molar-refractivity contribution in [3.05, 3.63) is 65.2 Å². The van der Waals surface area contributed by atoms with Crippen LogP contribution >= 0.6 is 0 Å². The number of carbonyl (C=O) groups excluding carboxylic acids is 2. The van der Waals surface area contributed by atoms with Gasteiger partial charge in [-0.3, -0.25) is 10.1 Å². The van der Waals surface area contributed by atoms with Crippen molar-refractivity contribution in [2.75, 3.05) is 5.32 Å². The summed E-state index contributed by atoms with van der Waals surface area (Å²) in [7, 11) is 0. The molecule has 0 saturated heterocycles. The first-order valence-electron chi connectivity index (χ1n) is 7.60. The highest BCUT2D eigenvalue weighted by Gasteiger charge is 2.13. The minimum atomic E-state index is -0.575. The number of hydrogen-bond acceptors (Lipinski definition) is 3. The summed E-state index contributed by atoms with van der Waals surface area (Å²) in [5, 5.41) is 2.65. The summed E-state index contributed by atoms with van der Waals surface area (Å²) < 4.78 is 5.18. The normalized spacial score (nSPS) is 10.4. The van der Waals surface area contributed by atoms with Crippen molar-refractivity contribution < 1.29 is 14.3 Å². The minimum absolute atomic E-state index is 0.0918. The number of nitrogens with one attached hydrogen (secondary N) is 1. The topological polar surface area (TPSA) is 55.4 Å². The third kappa shape index (κ3) is 4.68. The Morgan fingerprint density at radius 1 is 1.09 bits per heavy atom. The Morgan fingerprint density at radius 3 is 2.39 bits per heavy atom. The maximum absolute atomic E-state index is 11.9. The minimum Gasteiger partial charge on any atom is -0.444 e. The van der Waals surface area contributed by atoms with E-state index in [1.807, 2.05) is 42.5 Å². The Hall–Kier alpha value is -2.62. The molecule has 1 N–H and O–H groups in total. The molecule has 0 aromatic heterocycles. The number of amides is 1. The van der Waals surface area contributed by atoms with Crippen LogP contribution in [-0.2, 0) is 11.3 Å². The van der Waals surface area contributed by atoms with E-state index < -0.39 is 6.09 Å². The highest BCUT2D eigenvalue weighted by atomic mass is 16.5. The highest BCUT2D eigenvalue weighted by molar-refractivity contribution is 6.02. The number of Topliss-reactive ketones (excluding diaryl/α,β-unsaturated/α-hetero) is 1. The van der Waals surface area contributed by atoms with Gasteiger partial charge in [-0.15, -0.1) is 0 Å². The van der Waals surface area contributed by atoms with Crippen LogP contribution in [0.25, 0.3) is 0 Å². The number of ketones is 1. The molecular formula is C19H21NO3. The van der Waals surface area contributed by atoms with Crippen molar-refractivity contribution in [2.24, 2.45) is 0 Å². The summed E-state index contributed by atoms with van der Waals surface area (Å²) in [5.41, 5.74) is 2.93. The Balaban J connectivity index is 2.06. The van der Waals surface area contributed by atoms with Gasteiger partial charge in [-0.2, -0.15) is 0 Å². The molecule has 120 valence electrons. The molecule has 0 atom stereocenters. The van der Waals surface area contributed by atoms with E-state index >= 15 is 0 Å². The predicted octanol–water partition coefficient (Wildman–Crippen LogP) is 4.76. The van der Waals surface area contributed by atoms with Gasteiger partial charge >= 0.3 is 6.09 Å². The second kappa shape index (κ2) is 7.58. The lowest BCUT2D eigenvalue weighted by Crippen LogP contribution is -2.16. The largest absolute Gasteiger partial charge is 0.444 e. The van der Waals surface area contributed by atoms with Crippen LogP contribution in [0.4, 0.5) is 10.5 Å². The predicted molar refractivity (Wildman–Crippen MR) is 90.8 cm³/mol. The second-order valence-corrected chi connectivity index (χ2v) is 5.70. The van der Waals surface area contributed by atoms with Crippen molar-refractivity contribution in [1.82, 2.24) is 0 Å². The van der Waals surface area contributed by atoms with Gasteiger partial charge in [0.05, 0.1) is 5.69 Å². The number of rotatable bonds is 5. The average Bonchev–Trinajstić information content (AvgIpc) is 2.54. The SMILES string of the molecule is CC(=O)c1cc(C(C)C)ccc1NC(=O)OCc1ccccc1. The first kappa shape index (κ1) is 16.7. The molecule has 1 amide bonds. The van der Waals surface area contributed by atoms with E-state index in [0.717, 1.165) is 11.1 Å². The fraction of sp³-hybridized carbons (Fsp3) is 0.263. The van der Waals surface area contributed by atoms with Gasteiger partial charge in [0, 0.05) is 5.56 Å². The van der Waals surface area contributed by atoms with Crippen molar-refractivity contribution in [1.29, 1.82) is 0 Å². The fourth-order valence-corrected chi connectivity index (χ4v) is 2.19. The van der Waals surface area contributed by atoms with Gasteiger partial charge in [-0.1, -0.05) is 50.2 Å². The first-order valence-corrected chi connectivity index (χ1v) is 7.60. The monoisotopic (exact) mass is 311 g/mol. The van der Waals surface area contributed by atoms with E-state index in [1.165, 1.54) is 6.92 Å². The number of ether oxygens (including phenoxy) is 1. The molecule has 2 aromatic carbocycles. The van der Waals surface area contributed by atoms with Crippen LogP contribution in [0.1, 0.15) is 48.2 Å². The van der Waals surface area contributed by atoms with Gasteiger partial charge in [0.25, 0.3) is 0 Å². The van der Waals surface area contributed by atoms with Gasteiger partial charge in [-0.25, -0.2) is 4.79 Å². The zero-order valence-corrected chi connectivity index (χ0v) is 13.6. The average molecular weight is 311 g/mol. The van der Waals surface area contributed by atoms with E-state index in [2.05, 4.69) is 19.2 Å². The molecule has 4 nitrogen and oxygen atoms in total. The number of anilines is 1.